The molecule has 1 saturated heterocycles. The molecule has 1 aliphatic rings. The summed E-state index contributed by atoms with van der Waals surface area (Å²) in [6.45, 7) is 1.34. The fourth-order valence-corrected chi connectivity index (χ4v) is 3.35. The van der Waals surface area contributed by atoms with E-state index in [9.17, 15) is 13.6 Å². The molecule has 1 aliphatic heterocycles. The molecule has 24 heavy (non-hydrogen) atoms. The second-order valence-corrected chi connectivity index (χ2v) is 6.34. The van der Waals surface area contributed by atoms with Crippen molar-refractivity contribution in [1.82, 2.24) is 14.7 Å². The summed E-state index contributed by atoms with van der Waals surface area (Å²) in [5.74, 6) is -0.756. The standard InChI is InChI=1S/C18H21F2N3O/c1-22-17(9-10-21-22)18(24)23-11-3-4-13(12-23)7-8-14-15(19)5-2-6-16(14)20/h2,5-6,9-10,13H,3-4,7-8,11-12H2,1H3/t13-/m0/s1. The van der Waals surface area contributed by atoms with Gasteiger partial charge in [0, 0.05) is 31.9 Å². The van der Waals surface area contributed by atoms with Crippen molar-refractivity contribution in [2.75, 3.05) is 13.1 Å². The van der Waals surface area contributed by atoms with E-state index in [4.69, 9.17) is 0 Å². The number of nitrogens with zero attached hydrogens (tertiary/aromatic N) is 3. The molecule has 1 aromatic heterocycles. The average Bonchev–Trinajstić information content (AvgIpc) is 3.00. The Morgan fingerprint density at radius 2 is 2.04 bits per heavy atom. The minimum Gasteiger partial charge on any atom is -0.337 e. The van der Waals surface area contributed by atoms with Crippen molar-refractivity contribution >= 4 is 5.91 Å². The zero-order valence-electron chi connectivity index (χ0n) is 13.7. The van der Waals surface area contributed by atoms with Crippen LogP contribution in [0.25, 0.3) is 0 Å². The summed E-state index contributed by atoms with van der Waals surface area (Å²) in [4.78, 5) is 14.4. The Morgan fingerprint density at radius 1 is 1.29 bits per heavy atom. The second kappa shape index (κ2) is 7.11. The average molecular weight is 333 g/mol. The minimum absolute atomic E-state index is 0.0308. The summed E-state index contributed by atoms with van der Waals surface area (Å²) >= 11 is 0. The maximum Gasteiger partial charge on any atom is 0.272 e. The normalized spacial score (nSPS) is 18.0. The fourth-order valence-electron chi connectivity index (χ4n) is 3.35. The molecule has 0 saturated carbocycles. The number of piperidine rings is 1. The van der Waals surface area contributed by atoms with Crippen molar-refractivity contribution in [3.63, 3.8) is 0 Å². The molecular weight excluding hydrogens is 312 g/mol. The molecule has 4 nitrogen and oxygen atoms in total. The molecule has 1 aromatic carbocycles. The van der Waals surface area contributed by atoms with Crippen LogP contribution in [0.3, 0.4) is 0 Å². The highest BCUT2D eigenvalue weighted by Crippen LogP contribution is 2.24. The molecule has 2 aromatic rings. The van der Waals surface area contributed by atoms with Gasteiger partial charge in [0.05, 0.1) is 0 Å². The predicted octanol–water partition coefficient (Wildman–Crippen LogP) is 3.18. The molecule has 2 heterocycles. The van der Waals surface area contributed by atoms with E-state index in [0.29, 0.717) is 31.6 Å². The molecule has 0 unspecified atom stereocenters. The van der Waals surface area contributed by atoms with E-state index in [1.807, 2.05) is 4.90 Å². The lowest BCUT2D eigenvalue weighted by molar-refractivity contribution is 0.0657. The van der Waals surface area contributed by atoms with Crippen molar-refractivity contribution < 1.29 is 13.6 Å². The summed E-state index contributed by atoms with van der Waals surface area (Å²) in [7, 11) is 1.75. The Morgan fingerprint density at radius 3 is 2.71 bits per heavy atom. The number of aromatic nitrogens is 2. The first kappa shape index (κ1) is 16.6. The van der Waals surface area contributed by atoms with E-state index in [1.54, 1.807) is 24.0 Å². The highest BCUT2D eigenvalue weighted by Gasteiger charge is 2.26. The molecular formula is C18H21F2N3O. The van der Waals surface area contributed by atoms with Gasteiger partial charge in [0.25, 0.3) is 5.91 Å². The third kappa shape index (κ3) is 3.47. The number of benzene rings is 1. The van der Waals surface area contributed by atoms with Gasteiger partial charge in [-0.25, -0.2) is 8.78 Å². The number of carbonyl (C=O) groups excluding carboxylic acids is 1. The van der Waals surface area contributed by atoms with Gasteiger partial charge in [0.15, 0.2) is 0 Å². The molecule has 1 fully saturated rings. The molecule has 0 radical (unpaired) electrons. The van der Waals surface area contributed by atoms with Gasteiger partial charge >= 0.3 is 0 Å². The lowest BCUT2D eigenvalue weighted by Gasteiger charge is -2.32. The SMILES string of the molecule is Cn1nccc1C(=O)N1CCC[C@@H](CCc2c(F)cccc2F)C1. The van der Waals surface area contributed by atoms with Crippen LogP contribution in [-0.2, 0) is 13.5 Å². The molecule has 0 aliphatic carbocycles. The van der Waals surface area contributed by atoms with E-state index >= 15 is 0 Å². The van der Waals surface area contributed by atoms with E-state index in [0.717, 1.165) is 12.8 Å². The Labute approximate surface area is 140 Å². The molecule has 3 rings (SSSR count). The molecule has 1 atom stereocenters. The van der Waals surface area contributed by atoms with Crippen LogP contribution >= 0.6 is 0 Å². The Kier molecular flexibility index (Phi) is 4.92. The van der Waals surface area contributed by atoms with Crippen LogP contribution in [0.5, 0.6) is 0 Å². The summed E-state index contributed by atoms with van der Waals surface area (Å²) in [5, 5.41) is 4.03. The first-order chi connectivity index (χ1) is 11.6. The Bertz CT molecular complexity index is 709. The number of likely N-dealkylation sites (tertiary alicyclic amines) is 1. The van der Waals surface area contributed by atoms with Crippen molar-refractivity contribution in [1.29, 1.82) is 0 Å². The van der Waals surface area contributed by atoms with E-state index in [1.165, 1.54) is 18.2 Å². The van der Waals surface area contributed by atoms with Crippen LogP contribution in [0, 0.1) is 17.6 Å². The monoisotopic (exact) mass is 333 g/mol. The van der Waals surface area contributed by atoms with Crippen LogP contribution in [0.2, 0.25) is 0 Å². The van der Waals surface area contributed by atoms with Crippen molar-refractivity contribution in [3.8, 4) is 0 Å². The van der Waals surface area contributed by atoms with Gasteiger partial charge in [-0.15, -0.1) is 0 Å². The van der Waals surface area contributed by atoms with Gasteiger partial charge in [0.2, 0.25) is 0 Å². The minimum atomic E-state index is -0.492. The highest BCUT2D eigenvalue weighted by atomic mass is 19.1. The van der Waals surface area contributed by atoms with Crippen molar-refractivity contribution in [2.24, 2.45) is 13.0 Å². The smallest absolute Gasteiger partial charge is 0.272 e. The molecule has 6 heteroatoms. The fraction of sp³-hybridized carbons (Fsp3) is 0.444. The van der Waals surface area contributed by atoms with Crippen LogP contribution in [0.15, 0.2) is 30.5 Å². The number of hydrogen-bond donors (Lipinski definition) is 0. The van der Waals surface area contributed by atoms with Crippen molar-refractivity contribution in [2.45, 2.75) is 25.7 Å². The maximum absolute atomic E-state index is 13.7. The maximum atomic E-state index is 13.7. The summed E-state index contributed by atoms with van der Waals surface area (Å²) < 4.78 is 29.0. The summed E-state index contributed by atoms with van der Waals surface area (Å²) in [6, 6.07) is 5.67. The molecule has 1 amide bonds. The third-order valence-corrected chi connectivity index (χ3v) is 4.71. The number of carbonyl (C=O) groups is 1. The summed E-state index contributed by atoms with van der Waals surface area (Å²) in [5.41, 5.74) is 0.711. The lowest BCUT2D eigenvalue weighted by Crippen LogP contribution is -2.40. The number of rotatable bonds is 4. The van der Waals surface area contributed by atoms with Gasteiger partial charge in [0.1, 0.15) is 17.3 Å². The van der Waals surface area contributed by atoms with Gasteiger partial charge < -0.3 is 4.90 Å². The van der Waals surface area contributed by atoms with Crippen LogP contribution in [0.1, 0.15) is 35.3 Å². The second-order valence-electron chi connectivity index (χ2n) is 6.34. The van der Waals surface area contributed by atoms with Crippen molar-refractivity contribution in [3.05, 3.63) is 53.4 Å². The Balaban J connectivity index is 1.62. The molecule has 0 spiro atoms. The highest BCUT2D eigenvalue weighted by molar-refractivity contribution is 5.92. The first-order valence-electron chi connectivity index (χ1n) is 8.26. The van der Waals surface area contributed by atoms with Gasteiger partial charge in [-0.05, 0) is 49.8 Å². The molecule has 128 valence electrons. The number of amides is 1. The predicted molar refractivity (Wildman–Crippen MR) is 86.5 cm³/mol. The molecule has 0 N–H and O–H groups in total. The quantitative estimate of drug-likeness (QED) is 0.862. The van der Waals surface area contributed by atoms with Gasteiger partial charge in [-0.1, -0.05) is 6.07 Å². The molecule has 0 bridgehead atoms. The third-order valence-electron chi connectivity index (χ3n) is 4.71. The van der Waals surface area contributed by atoms with Crippen LogP contribution < -0.4 is 0 Å². The van der Waals surface area contributed by atoms with Gasteiger partial charge in [-0.3, -0.25) is 9.48 Å². The topological polar surface area (TPSA) is 38.1 Å². The summed E-state index contributed by atoms with van der Waals surface area (Å²) in [6.07, 6.45) is 4.53. The number of hydrogen-bond acceptors (Lipinski definition) is 2. The van der Waals surface area contributed by atoms with Gasteiger partial charge in [-0.2, -0.15) is 5.10 Å². The van der Waals surface area contributed by atoms with E-state index in [-0.39, 0.29) is 17.4 Å². The first-order valence-corrected chi connectivity index (χ1v) is 8.26. The zero-order chi connectivity index (χ0) is 17.1. The van der Waals surface area contributed by atoms with Crippen LogP contribution in [0.4, 0.5) is 8.78 Å². The van der Waals surface area contributed by atoms with E-state index < -0.39 is 11.6 Å². The number of halogens is 2. The lowest BCUT2D eigenvalue weighted by atomic mass is 9.91. The Hall–Kier alpha value is -2.24. The zero-order valence-corrected chi connectivity index (χ0v) is 13.7. The van der Waals surface area contributed by atoms with E-state index in [2.05, 4.69) is 5.10 Å². The van der Waals surface area contributed by atoms with Crippen LogP contribution in [-0.4, -0.2) is 33.7 Å². The number of aryl methyl sites for hydroxylation is 1. The largest absolute Gasteiger partial charge is 0.337 e.